The molecule has 134 valence electrons. The van der Waals surface area contributed by atoms with Gasteiger partial charge in [0.2, 0.25) is 0 Å². The third-order valence-electron chi connectivity index (χ3n) is 3.76. The molecule has 1 N–H and O–H groups in total. The van der Waals surface area contributed by atoms with Crippen LogP contribution in [0.5, 0.6) is 5.75 Å². The van der Waals surface area contributed by atoms with Crippen molar-refractivity contribution in [2.75, 3.05) is 13.7 Å². The highest BCUT2D eigenvalue weighted by Crippen LogP contribution is 2.36. The van der Waals surface area contributed by atoms with Crippen LogP contribution >= 0.6 is 12.2 Å². The zero-order chi connectivity index (χ0) is 18.6. The summed E-state index contributed by atoms with van der Waals surface area (Å²) in [5.41, 5.74) is 1.19. The number of para-hydroxylation sites is 1. The fourth-order valence-corrected chi connectivity index (χ4v) is 2.99. The van der Waals surface area contributed by atoms with E-state index in [2.05, 4.69) is 16.6 Å². The van der Waals surface area contributed by atoms with Gasteiger partial charge < -0.3 is 19.7 Å². The van der Waals surface area contributed by atoms with Crippen LogP contribution < -0.4 is 10.1 Å². The van der Waals surface area contributed by atoms with Gasteiger partial charge >= 0.3 is 12.6 Å². The number of carbonyl (C=O) groups excluding carboxylic acids is 1. The first-order valence-electron chi connectivity index (χ1n) is 7.42. The lowest BCUT2D eigenvalue weighted by Gasteiger charge is -2.37. The molecule has 1 aromatic rings. The van der Waals surface area contributed by atoms with E-state index >= 15 is 0 Å². The van der Waals surface area contributed by atoms with Crippen LogP contribution in [0, 0.1) is 0 Å². The minimum atomic E-state index is -2.99. The zero-order valence-electron chi connectivity index (χ0n) is 13.8. The summed E-state index contributed by atoms with van der Waals surface area (Å²) in [7, 11) is 1.26. The molecule has 5 nitrogen and oxygen atoms in total. The van der Waals surface area contributed by atoms with Crippen molar-refractivity contribution in [3.63, 3.8) is 0 Å². The SMILES string of the molecule is C=CCN1C(=S)N[C@H](c2ccccc2OC(F)F)C(C(=O)OC)=C1C. The number of methoxy groups -OCH3 is 1. The highest BCUT2D eigenvalue weighted by molar-refractivity contribution is 7.80. The molecule has 1 aromatic carbocycles. The monoisotopic (exact) mass is 368 g/mol. The Bertz CT molecular complexity index is 722. The van der Waals surface area contributed by atoms with Crippen molar-refractivity contribution in [1.29, 1.82) is 0 Å². The van der Waals surface area contributed by atoms with Crippen molar-refractivity contribution < 1.29 is 23.0 Å². The van der Waals surface area contributed by atoms with Crippen molar-refractivity contribution in [3.8, 4) is 5.75 Å². The van der Waals surface area contributed by atoms with E-state index in [9.17, 15) is 13.6 Å². The van der Waals surface area contributed by atoms with Crippen LogP contribution in [0.2, 0.25) is 0 Å². The van der Waals surface area contributed by atoms with E-state index in [4.69, 9.17) is 17.0 Å². The van der Waals surface area contributed by atoms with E-state index in [1.807, 2.05) is 0 Å². The first-order chi connectivity index (χ1) is 11.9. The summed E-state index contributed by atoms with van der Waals surface area (Å²) in [6, 6.07) is 5.47. The standard InChI is InChI=1S/C17H18F2N2O3S/c1-4-9-21-10(2)13(15(22)23-3)14(20-17(21)25)11-7-5-6-8-12(11)24-16(18)19/h4-8,14,16H,1,9H2,2-3H3,(H,20,25)/t14-/m1/s1. The predicted octanol–water partition coefficient (Wildman–Crippen LogP) is 3.15. The highest BCUT2D eigenvalue weighted by Gasteiger charge is 2.35. The zero-order valence-corrected chi connectivity index (χ0v) is 14.6. The van der Waals surface area contributed by atoms with Gasteiger partial charge in [0.15, 0.2) is 5.11 Å². The molecular weight excluding hydrogens is 350 g/mol. The Morgan fingerprint density at radius 1 is 1.48 bits per heavy atom. The summed E-state index contributed by atoms with van der Waals surface area (Å²) in [6.07, 6.45) is 1.64. The molecule has 0 amide bonds. The molecule has 0 unspecified atom stereocenters. The van der Waals surface area contributed by atoms with Gasteiger partial charge in [-0.2, -0.15) is 8.78 Å². The van der Waals surface area contributed by atoms with Crippen LogP contribution in [0.1, 0.15) is 18.5 Å². The van der Waals surface area contributed by atoms with Gasteiger partial charge in [-0.15, -0.1) is 6.58 Å². The van der Waals surface area contributed by atoms with E-state index in [1.165, 1.54) is 13.2 Å². The second-order valence-electron chi connectivity index (χ2n) is 5.19. The van der Waals surface area contributed by atoms with E-state index in [-0.39, 0.29) is 11.3 Å². The molecule has 0 aliphatic carbocycles. The first-order valence-corrected chi connectivity index (χ1v) is 7.83. The number of benzene rings is 1. The Kier molecular flexibility index (Phi) is 6.08. The van der Waals surface area contributed by atoms with Crippen LogP contribution in [0.25, 0.3) is 0 Å². The van der Waals surface area contributed by atoms with Gasteiger partial charge in [0.05, 0.1) is 18.7 Å². The van der Waals surface area contributed by atoms with Gasteiger partial charge in [0, 0.05) is 17.8 Å². The van der Waals surface area contributed by atoms with Crippen LogP contribution in [0.15, 0.2) is 48.2 Å². The first kappa shape index (κ1) is 18.9. The van der Waals surface area contributed by atoms with Gasteiger partial charge in [0.25, 0.3) is 0 Å². The van der Waals surface area contributed by atoms with Crippen LogP contribution in [-0.2, 0) is 9.53 Å². The molecule has 1 heterocycles. The van der Waals surface area contributed by atoms with E-state index in [1.54, 1.807) is 36.1 Å². The third kappa shape index (κ3) is 3.96. The molecule has 0 saturated heterocycles. The maximum Gasteiger partial charge on any atom is 0.387 e. The van der Waals surface area contributed by atoms with Gasteiger partial charge in [-0.05, 0) is 25.2 Å². The second-order valence-corrected chi connectivity index (χ2v) is 5.58. The van der Waals surface area contributed by atoms with Crippen molar-refractivity contribution in [3.05, 3.63) is 53.8 Å². The van der Waals surface area contributed by atoms with Crippen molar-refractivity contribution >= 4 is 23.3 Å². The number of esters is 1. The fourth-order valence-electron chi connectivity index (χ4n) is 2.66. The molecule has 25 heavy (non-hydrogen) atoms. The van der Waals surface area contributed by atoms with Gasteiger partial charge in [0.1, 0.15) is 5.75 Å². The summed E-state index contributed by atoms with van der Waals surface area (Å²) < 4.78 is 34.9. The maximum atomic E-state index is 12.7. The van der Waals surface area contributed by atoms with E-state index < -0.39 is 18.6 Å². The molecule has 0 saturated carbocycles. The number of alkyl halides is 2. The Hall–Kier alpha value is -2.48. The van der Waals surface area contributed by atoms with E-state index in [0.29, 0.717) is 22.9 Å². The Balaban J connectivity index is 2.58. The highest BCUT2D eigenvalue weighted by atomic mass is 32.1. The molecule has 1 atom stereocenters. The Morgan fingerprint density at radius 3 is 2.76 bits per heavy atom. The number of rotatable bonds is 6. The molecule has 0 fully saturated rings. The maximum absolute atomic E-state index is 12.7. The minimum absolute atomic E-state index is 0.0378. The van der Waals surface area contributed by atoms with Crippen molar-refractivity contribution in [2.45, 2.75) is 19.6 Å². The number of nitrogens with one attached hydrogen (secondary N) is 1. The molecular formula is C17H18F2N2O3S. The van der Waals surface area contributed by atoms with Gasteiger partial charge in [-0.25, -0.2) is 4.79 Å². The Morgan fingerprint density at radius 2 is 2.16 bits per heavy atom. The van der Waals surface area contributed by atoms with Crippen molar-refractivity contribution in [1.82, 2.24) is 10.2 Å². The third-order valence-corrected chi connectivity index (χ3v) is 4.10. The summed E-state index contributed by atoms with van der Waals surface area (Å²) in [4.78, 5) is 14.0. The summed E-state index contributed by atoms with van der Waals surface area (Å²) in [6.45, 7) is 2.78. The largest absolute Gasteiger partial charge is 0.466 e. The van der Waals surface area contributed by atoms with Gasteiger partial charge in [-0.3, -0.25) is 0 Å². The number of halogens is 2. The van der Waals surface area contributed by atoms with Crippen LogP contribution in [0.3, 0.4) is 0 Å². The van der Waals surface area contributed by atoms with Crippen LogP contribution in [0.4, 0.5) is 8.78 Å². The summed E-state index contributed by atoms with van der Waals surface area (Å²) in [5, 5.41) is 3.35. The van der Waals surface area contributed by atoms with Crippen LogP contribution in [-0.4, -0.2) is 36.2 Å². The molecule has 2 rings (SSSR count). The average molecular weight is 368 g/mol. The van der Waals surface area contributed by atoms with Crippen molar-refractivity contribution in [2.24, 2.45) is 0 Å². The number of carbonyl (C=O) groups is 1. The number of hydrogen-bond acceptors (Lipinski definition) is 4. The molecule has 1 aliphatic heterocycles. The number of nitrogens with zero attached hydrogens (tertiary/aromatic N) is 1. The molecule has 8 heteroatoms. The fraction of sp³-hybridized carbons (Fsp3) is 0.294. The summed E-state index contributed by atoms with van der Waals surface area (Å²) in [5.74, 6) is -0.623. The lowest BCUT2D eigenvalue weighted by atomic mass is 9.94. The molecule has 0 aromatic heterocycles. The number of allylic oxidation sites excluding steroid dienone is 1. The predicted molar refractivity (Wildman–Crippen MR) is 93.2 cm³/mol. The molecule has 0 radical (unpaired) electrons. The normalized spacial score (nSPS) is 17.4. The molecule has 0 spiro atoms. The average Bonchev–Trinajstić information content (AvgIpc) is 2.57. The smallest absolute Gasteiger partial charge is 0.387 e. The topological polar surface area (TPSA) is 50.8 Å². The van der Waals surface area contributed by atoms with Gasteiger partial charge in [-0.1, -0.05) is 24.3 Å². The lowest BCUT2D eigenvalue weighted by molar-refractivity contribution is -0.136. The lowest BCUT2D eigenvalue weighted by Crippen LogP contribution is -2.47. The number of ether oxygens (including phenoxy) is 2. The number of thiocarbonyl (C=S) groups is 1. The quantitative estimate of drug-likeness (QED) is 0.473. The van der Waals surface area contributed by atoms with E-state index in [0.717, 1.165) is 0 Å². The summed E-state index contributed by atoms with van der Waals surface area (Å²) >= 11 is 5.35. The minimum Gasteiger partial charge on any atom is -0.466 e. The molecule has 1 aliphatic rings. The Labute approximate surface area is 149 Å². The molecule has 0 bridgehead atoms. The second kappa shape index (κ2) is 8.06. The number of hydrogen-bond donors (Lipinski definition) is 1.